The molecule has 0 radical (unpaired) electrons. The first-order valence-electron chi connectivity index (χ1n) is 5.82. The van der Waals surface area contributed by atoms with Gasteiger partial charge in [-0.3, -0.25) is 5.43 Å². The summed E-state index contributed by atoms with van der Waals surface area (Å²) in [6.07, 6.45) is -3.22. The zero-order valence-electron chi connectivity index (χ0n) is 10.5. The van der Waals surface area contributed by atoms with Crippen LogP contribution in [0.2, 0.25) is 0 Å². The fourth-order valence-electron chi connectivity index (χ4n) is 1.63. The molecule has 0 spiro atoms. The number of halogens is 4. The molecule has 0 aliphatic rings. The molecule has 0 bridgehead atoms. The van der Waals surface area contributed by atoms with Gasteiger partial charge in [0.25, 0.3) is 0 Å². The van der Waals surface area contributed by atoms with Crippen LogP contribution in [-0.2, 0) is 6.18 Å². The van der Waals surface area contributed by atoms with Crippen LogP contribution in [0.1, 0.15) is 11.1 Å². The number of phenolic OH excluding ortho intramolecular Hbond substituents is 1. The van der Waals surface area contributed by atoms with Gasteiger partial charge in [0.1, 0.15) is 5.75 Å². The molecule has 110 valence electrons. The molecule has 0 saturated heterocycles. The van der Waals surface area contributed by atoms with E-state index in [1.807, 2.05) is 0 Å². The van der Waals surface area contributed by atoms with Gasteiger partial charge in [-0.1, -0.05) is 28.1 Å². The van der Waals surface area contributed by atoms with Crippen molar-refractivity contribution < 1.29 is 18.3 Å². The number of aromatic hydroxyl groups is 1. The topological polar surface area (TPSA) is 44.6 Å². The van der Waals surface area contributed by atoms with E-state index in [4.69, 9.17) is 0 Å². The minimum Gasteiger partial charge on any atom is -0.507 e. The van der Waals surface area contributed by atoms with Gasteiger partial charge in [-0.05, 0) is 30.3 Å². The molecule has 0 fully saturated rings. The van der Waals surface area contributed by atoms with E-state index in [0.29, 0.717) is 5.56 Å². The molecule has 0 amide bonds. The van der Waals surface area contributed by atoms with E-state index in [-0.39, 0.29) is 11.4 Å². The van der Waals surface area contributed by atoms with Gasteiger partial charge in [0.15, 0.2) is 0 Å². The molecule has 2 rings (SSSR count). The van der Waals surface area contributed by atoms with Crippen molar-refractivity contribution in [2.24, 2.45) is 5.10 Å². The molecule has 0 saturated carbocycles. The van der Waals surface area contributed by atoms with Crippen molar-refractivity contribution in [1.82, 2.24) is 0 Å². The van der Waals surface area contributed by atoms with Gasteiger partial charge in [0.05, 0.1) is 17.5 Å². The second kappa shape index (κ2) is 6.17. The van der Waals surface area contributed by atoms with Gasteiger partial charge in [0, 0.05) is 10.0 Å². The summed E-state index contributed by atoms with van der Waals surface area (Å²) in [4.78, 5) is 0. The summed E-state index contributed by atoms with van der Waals surface area (Å²) < 4.78 is 39.1. The summed E-state index contributed by atoms with van der Waals surface area (Å²) in [6, 6.07) is 9.71. The maximum absolute atomic E-state index is 12.8. The van der Waals surface area contributed by atoms with Gasteiger partial charge in [-0.25, -0.2) is 0 Å². The number of benzene rings is 2. The first-order chi connectivity index (χ1) is 9.88. The number of hydrogen-bond donors (Lipinski definition) is 2. The Morgan fingerprint density at radius 1 is 1.14 bits per heavy atom. The highest BCUT2D eigenvalue weighted by atomic mass is 79.9. The van der Waals surface area contributed by atoms with Crippen molar-refractivity contribution in [2.75, 3.05) is 5.43 Å². The number of phenols is 1. The van der Waals surface area contributed by atoms with Crippen molar-refractivity contribution in [2.45, 2.75) is 6.18 Å². The SMILES string of the molecule is Oc1ccc(Br)cc1C=NNc1ccccc1C(F)(F)F. The summed E-state index contributed by atoms with van der Waals surface area (Å²) in [6.45, 7) is 0. The first-order valence-corrected chi connectivity index (χ1v) is 6.61. The summed E-state index contributed by atoms with van der Waals surface area (Å²) in [5, 5.41) is 13.3. The van der Waals surface area contributed by atoms with Crippen LogP contribution in [0.3, 0.4) is 0 Å². The fraction of sp³-hybridized carbons (Fsp3) is 0.0714. The number of hydrazone groups is 1. The quantitative estimate of drug-likeness (QED) is 0.621. The highest BCUT2D eigenvalue weighted by molar-refractivity contribution is 9.10. The number of anilines is 1. The minimum atomic E-state index is -4.46. The van der Waals surface area contributed by atoms with Crippen LogP contribution in [0.5, 0.6) is 5.75 Å². The second-order valence-corrected chi connectivity index (χ2v) is 5.03. The van der Waals surface area contributed by atoms with E-state index in [9.17, 15) is 18.3 Å². The largest absolute Gasteiger partial charge is 0.507 e. The molecule has 0 atom stereocenters. The fourth-order valence-corrected chi connectivity index (χ4v) is 2.01. The Balaban J connectivity index is 2.21. The van der Waals surface area contributed by atoms with E-state index in [1.165, 1.54) is 30.5 Å². The van der Waals surface area contributed by atoms with E-state index in [1.54, 1.807) is 12.1 Å². The Kier molecular flexibility index (Phi) is 4.52. The van der Waals surface area contributed by atoms with Gasteiger partial charge in [-0.15, -0.1) is 0 Å². The van der Waals surface area contributed by atoms with Crippen LogP contribution < -0.4 is 5.43 Å². The Morgan fingerprint density at radius 3 is 2.57 bits per heavy atom. The number of hydrogen-bond acceptors (Lipinski definition) is 3. The zero-order chi connectivity index (χ0) is 15.5. The van der Waals surface area contributed by atoms with E-state index < -0.39 is 11.7 Å². The van der Waals surface area contributed by atoms with Crippen molar-refractivity contribution in [1.29, 1.82) is 0 Å². The number of alkyl halides is 3. The monoisotopic (exact) mass is 358 g/mol. The Bertz CT molecular complexity index is 672. The number of rotatable bonds is 3. The predicted octanol–water partition coefficient (Wildman–Crippen LogP) is 4.62. The molecule has 0 unspecified atom stereocenters. The van der Waals surface area contributed by atoms with Crippen molar-refractivity contribution in [3.63, 3.8) is 0 Å². The molecule has 2 aromatic carbocycles. The van der Waals surface area contributed by atoms with E-state index >= 15 is 0 Å². The maximum Gasteiger partial charge on any atom is 0.418 e. The standard InChI is InChI=1S/C14H10BrF3N2O/c15-10-5-6-13(21)9(7-10)8-19-20-12-4-2-1-3-11(12)14(16,17)18/h1-8,20-21H. The molecular formula is C14H10BrF3N2O. The average Bonchev–Trinajstić information content (AvgIpc) is 2.42. The second-order valence-electron chi connectivity index (χ2n) is 4.12. The smallest absolute Gasteiger partial charge is 0.418 e. The molecule has 3 nitrogen and oxygen atoms in total. The minimum absolute atomic E-state index is 0.0205. The summed E-state index contributed by atoms with van der Waals surface area (Å²) in [5.74, 6) is -0.0205. The molecule has 0 heterocycles. The van der Waals surface area contributed by atoms with Crippen molar-refractivity contribution >= 4 is 27.8 Å². The van der Waals surface area contributed by atoms with E-state index in [2.05, 4.69) is 26.5 Å². The molecule has 0 aliphatic carbocycles. The molecule has 0 aromatic heterocycles. The lowest BCUT2D eigenvalue weighted by Crippen LogP contribution is -2.08. The molecule has 2 N–H and O–H groups in total. The number of nitrogens with one attached hydrogen (secondary N) is 1. The lowest BCUT2D eigenvalue weighted by molar-refractivity contribution is -0.136. The third-order valence-electron chi connectivity index (χ3n) is 2.61. The summed E-state index contributed by atoms with van der Waals surface area (Å²) in [5.41, 5.74) is 1.75. The average molecular weight is 359 g/mol. The van der Waals surface area contributed by atoms with Crippen molar-refractivity contribution in [3.8, 4) is 5.75 Å². The normalized spacial score (nSPS) is 11.8. The maximum atomic E-state index is 12.8. The van der Waals surface area contributed by atoms with Crippen LogP contribution in [0.15, 0.2) is 52.0 Å². The summed E-state index contributed by atoms with van der Waals surface area (Å²) in [7, 11) is 0. The van der Waals surface area contributed by atoms with E-state index in [0.717, 1.165) is 10.5 Å². The highest BCUT2D eigenvalue weighted by Gasteiger charge is 2.33. The van der Waals surface area contributed by atoms with Crippen LogP contribution in [-0.4, -0.2) is 11.3 Å². The molecule has 21 heavy (non-hydrogen) atoms. The van der Waals surface area contributed by atoms with Crippen LogP contribution in [0.25, 0.3) is 0 Å². The summed E-state index contributed by atoms with van der Waals surface area (Å²) >= 11 is 3.23. The van der Waals surface area contributed by atoms with Crippen LogP contribution in [0.4, 0.5) is 18.9 Å². The third-order valence-corrected chi connectivity index (χ3v) is 3.10. The van der Waals surface area contributed by atoms with Gasteiger partial charge in [0.2, 0.25) is 0 Å². The molecule has 0 aliphatic heterocycles. The Morgan fingerprint density at radius 2 is 1.86 bits per heavy atom. The van der Waals surface area contributed by atoms with Gasteiger partial charge in [-0.2, -0.15) is 18.3 Å². The lowest BCUT2D eigenvalue weighted by Gasteiger charge is -2.11. The van der Waals surface area contributed by atoms with Crippen LogP contribution in [0, 0.1) is 0 Å². The third kappa shape index (κ3) is 3.98. The molecule has 2 aromatic rings. The predicted molar refractivity (Wildman–Crippen MR) is 78.5 cm³/mol. The number of nitrogens with zero attached hydrogens (tertiary/aromatic N) is 1. The highest BCUT2D eigenvalue weighted by Crippen LogP contribution is 2.34. The lowest BCUT2D eigenvalue weighted by atomic mass is 10.2. The first kappa shape index (κ1) is 15.4. The zero-order valence-corrected chi connectivity index (χ0v) is 12.1. The molecular weight excluding hydrogens is 349 g/mol. The Hall–Kier alpha value is -2.02. The number of para-hydroxylation sites is 1. The van der Waals surface area contributed by atoms with Gasteiger partial charge < -0.3 is 5.11 Å². The molecule has 7 heteroatoms. The Labute approximate surface area is 127 Å². The van der Waals surface area contributed by atoms with Gasteiger partial charge >= 0.3 is 6.18 Å². The van der Waals surface area contributed by atoms with Crippen LogP contribution >= 0.6 is 15.9 Å². The van der Waals surface area contributed by atoms with Crippen molar-refractivity contribution in [3.05, 3.63) is 58.1 Å².